The average molecular weight is 317 g/mol. The number of nitrogens with one attached hydrogen (secondary N) is 1. The van der Waals surface area contributed by atoms with E-state index in [2.05, 4.69) is 9.88 Å². The zero-order chi connectivity index (χ0) is 14.8. The fourth-order valence-electron chi connectivity index (χ4n) is 1.51. The molecule has 0 spiro atoms. The molecule has 1 aromatic heterocycles. The molecule has 1 aromatic carbocycles. The molecular formula is C12H13ClN2O4S. The molecule has 0 saturated heterocycles. The molecule has 0 amide bonds. The van der Waals surface area contributed by atoms with Crippen molar-refractivity contribution in [3.63, 3.8) is 0 Å². The summed E-state index contributed by atoms with van der Waals surface area (Å²) < 4.78 is 31.4. The minimum Gasteiger partial charge on any atom is -0.506 e. The number of rotatable bonds is 5. The van der Waals surface area contributed by atoms with Gasteiger partial charge in [-0.15, -0.1) is 0 Å². The summed E-state index contributed by atoms with van der Waals surface area (Å²) in [7, 11) is -3.75. The van der Waals surface area contributed by atoms with E-state index in [4.69, 9.17) is 16.1 Å². The van der Waals surface area contributed by atoms with Crippen LogP contribution in [-0.4, -0.2) is 18.7 Å². The van der Waals surface area contributed by atoms with Gasteiger partial charge in [0.1, 0.15) is 5.75 Å². The molecule has 8 heteroatoms. The highest BCUT2D eigenvalue weighted by atomic mass is 35.5. The molecular weight excluding hydrogens is 304 g/mol. The fourth-order valence-corrected chi connectivity index (χ4v) is 2.65. The molecule has 0 unspecified atom stereocenters. The normalized spacial score (nSPS) is 11.7. The highest BCUT2D eigenvalue weighted by Gasteiger charge is 2.16. The van der Waals surface area contributed by atoms with E-state index in [0.717, 1.165) is 11.8 Å². The van der Waals surface area contributed by atoms with Crippen LogP contribution in [0.25, 0.3) is 0 Å². The van der Waals surface area contributed by atoms with E-state index >= 15 is 0 Å². The zero-order valence-electron chi connectivity index (χ0n) is 10.6. The molecule has 0 radical (unpaired) electrons. The summed E-state index contributed by atoms with van der Waals surface area (Å²) in [6.07, 6.45) is 0.710. The lowest BCUT2D eigenvalue weighted by molar-refractivity contribution is 0.375. The Morgan fingerprint density at radius 3 is 2.75 bits per heavy atom. The van der Waals surface area contributed by atoms with E-state index in [1.165, 1.54) is 12.1 Å². The summed E-state index contributed by atoms with van der Waals surface area (Å²) in [5.41, 5.74) is 0.753. The van der Waals surface area contributed by atoms with E-state index < -0.39 is 10.0 Å². The second kappa shape index (κ2) is 5.82. The van der Waals surface area contributed by atoms with E-state index in [9.17, 15) is 13.5 Å². The van der Waals surface area contributed by atoms with Crippen LogP contribution in [0.4, 0.5) is 0 Å². The van der Waals surface area contributed by atoms with E-state index in [1.807, 2.05) is 6.92 Å². The first kappa shape index (κ1) is 14.8. The van der Waals surface area contributed by atoms with Crippen LogP contribution in [0.2, 0.25) is 5.02 Å². The number of halogens is 1. The number of aryl methyl sites for hydroxylation is 1. The predicted octanol–water partition coefficient (Wildman–Crippen LogP) is 2.07. The number of aromatic nitrogens is 1. The van der Waals surface area contributed by atoms with Gasteiger partial charge in [-0.05, 0) is 18.6 Å². The zero-order valence-corrected chi connectivity index (χ0v) is 12.2. The molecule has 0 fully saturated rings. The third-order valence-corrected chi connectivity index (χ3v) is 4.35. The first-order valence-electron chi connectivity index (χ1n) is 5.85. The van der Waals surface area contributed by atoms with Crippen molar-refractivity contribution in [3.05, 3.63) is 40.7 Å². The second-order valence-corrected chi connectivity index (χ2v) is 6.25. The van der Waals surface area contributed by atoms with Crippen molar-refractivity contribution in [2.24, 2.45) is 0 Å². The molecule has 0 aliphatic carbocycles. The monoisotopic (exact) mass is 316 g/mol. The molecule has 2 rings (SSSR count). The van der Waals surface area contributed by atoms with Gasteiger partial charge in [0.05, 0.1) is 22.2 Å². The molecule has 0 atom stereocenters. The van der Waals surface area contributed by atoms with Gasteiger partial charge in [-0.3, -0.25) is 0 Å². The maximum absolute atomic E-state index is 12.0. The lowest BCUT2D eigenvalue weighted by Gasteiger charge is -2.06. The minimum atomic E-state index is -3.75. The lowest BCUT2D eigenvalue weighted by atomic mass is 10.3. The Labute approximate surface area is 121 Å². The average Bonchev–Trinajstić information content (AvgIpc) is 2.87. The summed E-state index contributed by atoms with van der Waals surface area (Å²) in [5.74, 6) is 0.131. The van der Waals surface area contributed by atoms with E-state index in [1.54, 1.807) is 6.07 Å². The summed E-state index contributed by atoms with van der Waals surface area (Å²) in [6.45, 7) is 1.90. The van der Waals surface area contributed by atoms with Crippen LogP contribution >= 0.6 is 11.6 Å². The Morgan fingerprint density at radius 2 is 2.15 bits per heavy atom. The van der Waals surface area contributed by atoms with Crippen LogP contribution in [-0.2, 0) is 23.0 Å². The minimum absolute atomic E-state index is 0.0152. The number of nitrogens with zero attached hydrogens (tertiary/aromatic N) is 1. The summed E-state index contributed by atoms with van der Waals surface area (Å²) in [4.78, 5) is -0.0744. The molecule has 6 nitrogen and oxygen atoms in total. The maximum Gasteiger partial charge on any atom is 0.241 e. The van der Waals surface area contributed by atoms with E-state index in [0.29, 0.717) is 12.2 Å². The van der Waals surface area contributed by atoms with Crippen molar-refractivity contribution in [2.75, 3.05) is 0 Å². The van der Waals surface area contributed by atoms with Crippen molar-refractivity contribution >= 4 is 21.6 Å². The van der Waals surface area contributed by atoms with Gasteiger partial charge in [0.25, 0.3) is 0 Å². The third-order valence-electron chi connectivity index (χ3n) is 2.63. The summed E-state index contributed by atoms with van der Waals surface area (Å²) in [6, 6.07) is 5.39. The summed E-state index contributed by atoms with van der Waals surface area (Å²) in [5, 5.41) is 13.3. The van der Waals surface area contributed by atoms with Gasteiger partial charge in [0.15, 0.2) is 5.76 Å². The molecule has 108 valence electrons. The quantitative estimate of drug-likeness (QED) is 0.881. The third kappa shape index (κ3) is 3.30. The van der Waals surface area contributed by atoms with E-state index in [-0.39, 0.29) is 22.2 Å². The van der Waals surface area contributed by atoms with Crippen molar-refractivity contribution < 1.29 is 18.0 Å². The number of aromatic hydroxyl groups is 1. The molecule has 1 heterocycles. The SMILES string of the molecule is CCc1cc(CNS(=O)(=O)c2ccc(Cl)c(O)c2)on1. The standard InChI is InChI=1S/C12H13ClN2O4S/c1-2-8-5-9(19-15-8)7-14-20(17,18)10-3-4-11(13)12(16)6-10/h3-6,14,16H,2,7H2,1H3. The molecule has 0 aliphatic rings. The van der Waals surface area contributed by atoms with Crippen molar-refractivity contribution in [1.82, 2.24) is 9.88 Å². The van der Waals surface area contributed by atoms with Gasteiger partial charge < -0.3 is 9.63 Å². The number of phenols is 1. The number of hydrogen-bond acceptors (Lipinski definition) is 5. The fraction of sp³-hybridized carbons (Fsp3) is 0.250. The molecule has 0 saturated carbocycles. The van der Waals surface area contributed by atoms with Gasteiger partial charge in [-0.25, -0.2) is 13.1 Å². The lowest BCUT2D eigenvalue weighted by Crippen LogP contribution is -2.22. The van der Waals surface area contributed by atoms with Crippen LogP contribution < -0.4 is 4.72 Å². The molecule has 20 heavy (non-hydrogen) atoms. The van der Waals surface area contributed by atoms with Crippen LogP contribution in [0.3, 0.4) is 0 Å². The second-order valence-electron chi connectivity index (χ2n) is 4.08. The molecule has 2 aromatic rings. The first-order chi connectivity index (χ1) is 9.42. The van der Waals surface area contributed by atoms with Crippen LogP contribution in [0.5, 0.6) is 5.75 Å². The smallest absolute Gasteiger partial charge is 0.241 e. The van der Waals surface area contributed by atoms with Crippen molar-refractivity contribution in [2.45, 2.75) is 24.8 Å². The maximum atomic E-state index is 12.0. The number of hydrogen-bond donors (Lipinski definition) is 2. The molecule has 2 N–H and O–H groups in total. The topological polar surface area (TPSA) is 92.4 Å². The highest BCUT2D eigenvalue weighted by molar-refractivity contribution is 7.89. The first-order valence-corrected chi connectivity index (χ1v) is 7.71. The van der Waals surface area contributed by atoms with Crippen molar-refractivity contribution in [3.8, 4) is 5.75 Å². The molecule has 0 aliphatic heterocycles. The molecule has 0 bridgehead atoms. The van der Waals surface area contributed by atoms with Crippen LogP contribution in [0, 0.1) is 0 Å². The number of sulfonamides is 1. The number of phenolic OH excluding ortho intramolecular Hbond substituents is 1. The van der Waals surface area contributed by atoms with Crippen LogP contribution in [0.1, 0.15) is 18.4 Å². The van der Waals surface area contributed by atoms with Crippen molar-refractivity contribution in [1.29, 1.82) is 0 Å². The Morgan fingerprint density at radius 1 is 1.40 bits per heavy atom. The largest absolute Gasteiger partial charge is 0.506 e. The Kier molecular flexibility index (Phi) is 4.32. The Hall–Kier alpha value is -1.57. The number of benzene rings is 1. The predicted molar refractivity (Wildman–Crippen MR) is 73.0 cm³/mol. The highest BCUT2D eigenvalue weighted by Crippen LogP contribution is 2.25. The van der Waals surface area contributed by atoms with Gasteiger partial charge in [-0.2, -0.15) is 0 Å². The van der Waals surface area contributed by atoms with Crippen LogP contribution in [0.15, 0.2) is 33.7 Å². The summed E-state index contributed by atoms with van der Waals surface area (Å²) >= 11 is 5.63. The Bertz CT molecular complexity index is 712. The van der Waals surface area contributed by atoms with Gasteiger partial charge >= 0.3 is 0 Å². The Balaban J connectivity index is 2.12. The van der Waals surface area contributed by atoms with Gasteiger partial charge in [0.2, 0.25) is 10.0 Å². The van der Waals surface area contributed by atoms with Gasteiger partial charge in [0, 0.05) is 12.1 Å². The van der Waals surface area contributed by atoms with Gasteiger partial charge in [-0.1, -0.05) is 23.7 Å².